The summed E-state index contributed by atoms with van der Waals surface area (Å²) >= 11 is 0. The van der Waals surface area contributed by atoms with Gasteiger partial charge < -0.3 is 20.1 Å². The van der Waals surface area contributed by atoms with E-state index in [4.69, 9.17) is 9.47 Å². The molecule has 0 spiro atoms. The van der Waals surface area contributed by atoms with Crippen molar-refractivity contribution in [3.05, 3.63) is 70.9 Å². The summed E-state index contributed by atoms with van der Waals surface area (Å²) in [7, 11) is 2.85. The lowest BCUT2D eigenvalue weighted by Crippen LogP contribution is -2.48. The third-order valence-corrected chi connectivity index (χ3v) is 5.26. The van der Waals surface area contributed by atoms with E-state index in [0.29, 0.717) is 40.4 Å². The quantitative estimate of drug-likeness (QED) is 0.641. The van der Waals surface area contributed by atoms with E-state index in [1.165, 1.54) is 19.1 Å². The molecule has 168 valence electrons. The van der Waals surface area contributed by atoms with Crippen molar-refractivity contribution in [2.24, 2.45) is 0 Å². The van der Waals surface area contributed by atoms with E-state index in [2.05, 4.69) is 10.6 Å². The molecule has 1 unspecified atom stereocenters. The molecule has 0 aliphatic carbocycles. The number of rotatable bonds is 7. The first-order valence-electron chi connectivity index (χ1n) is 10.3. The zero-order valence-corrected chi connectivity index (χ0v) is 18.6. The van der Waals surface area contributed by atoms with Crippen molar-refractivity contribution >= 4 is 23.6 Å². The minimum absolute atomic E-state index is 0.284. The second-order valence-corrected chi connectivity index (χ2v) is 7.34. The first kappa shape index (κ1) is 22.9. The predicted octanol–water partition coefficient (Wildman–Crippen LogP) is 3.87. The Morgan fingerprint density at radius 2 is 1.88 bits per heavy atom. The van der Waals surface area contributed by atoms with E-state index >= 15 is 0 Å². The SMILES string of the molecule is CCCN1C(=O)NC(c2cccc(NC(=O)c3cccc(OC)c3)c2)C(C(=O)OC)=C1C. The Morgan fingerprint density at radius 3 is 2.56 bits per heavy atom. The summed E-state index contributed by atoms with van der Waals surface area (Å²) in [6.07, 6.45) is 0.746. The Labute approximate surface area is 187 Å². The number of methoxy groups -OCH3 is 2. The number of carbonyl (C=O) groups excluding carboxylic acids is 3. The van der Waals surface area contributed by atoms with Gasteiger partial charge in [0.2, 0.25) is 0 Å². The largest absolute Gasteiger partial charge is 0.497 e. The molecular formula is C24H27N3O5. The van der Waals surface area contributed by atoms with Gasteiger partial charge in [-0.3, -0.25) is 9.69 Å². The third-order valence-electron chi connectivity index (χ3n) is 5.26. The van der Waals surface area contributed by atoms with Crippen molar-refractivity contribution in [2.45, 2.75) is 26.3 Å². The van der Waals surface area contributed by atoms with Crippen LogP contribution in [0.15, 0.2) is 59.8 Å². The number of hydrogen-bond acceptors (Lipinski definition) is 5. The third kappa shape index (κ3) is 4.74. The Morgan fingerprint density at radius 1 is 1.12 bits per heavy atom. The van der Waals surface area contributed by atoms with Gasteiger partial charge in [-0.25, -0.2) is 9.59 Å². The number of amides is 3. The van der Waals surface area contributed by atoms with Crippen LogP contribution in [-0.4, -0.2) is 43.6 Å². The standard InChI is InChI=1S/C24H27N3O5/c1-5-12-27-15(2)20(23(29)32-4)21(26-24(27)30)16-8-6-10-18(13-16)25-22(28)17-9-7-11-19(14-17)31-3/h6-11,13-14,21H,5,12H2,1-4H3,(H,25,28)(H,26,30). The highest BCUT2D eigenvalue weighted by molar-refractivity contribution is 6.04. The predicted molar refractivity (Wildman–Crippen MR) is 120 cm³/mol. The lowest BCUT2D eigenvalue weighted by Gasteiger charge is -2.35. The topological polar surface area (TPSA) is 97.0 Å². The van der Waals surface area contributed by atoms with E-state index in [1.807, 2.05) is 6.92 Å². The lowest BCUT2D eigenvalue weighted by molar-refractivity contribution is -0.136. The van der Waals surface area contributed by atoms with Gasteiger partial charge in [0.15, 0.2) is 0 Å². The van der Waals surface area contributed by atoms with Crippen molar-refractivity contribution in [1.29, 1.82) is 0 Å². The minimum Gasteiger partial charge on any atom is -0.497 e. The van der Waals surface area contributed by atoms with Crippen molar-refractivity contribution in [3.8, 4) is 5.75 Å². The average molecular weight is 437 g/mol. The summed E-state index contributed by atoms with van der Waals surface area (Å²) in [5.74, 6) is -0.238. The molecule has 8 heteroatoms. The van der Waals surface area contributed by atoms with Crippen LogP contribution in [0.1, 0.15) is 42.2 Å². The maximum Gasteiger partial charge on any atom is 0.337 e. The van der Waals surface area contributed by atoms with E-state index in [9.17, 15) is 14.4 Å². The molecule has 0 saturated carbocycles. The Kier molecular flexibility index (Phi) is 7.14. The van der Waals surface area contributed by atoms with Gasteiger partial charge in [-0.2, -0.15) is 0 Å². The summed E-state index contributed by atoms with van der Waals surface area (Å²) in [5, 5.41) is 5.74. The van der Waals surface area contributed by atoms with Gasteiger partial charge in [0.1, 0.15) is 5.75 Å². The number of anilines is 1. The molecule has 0 fully saturated rings. The normalized spacial score (nSPS) is 15.8. The van der Waals surface area contributed by atoms with E-state index in [1.54, 1.807) is 55.5 Å². The molecule has 32 heavy (non-hydrogen) atoms. The molecule has 3 rings (SSSR count). The van der Waals surface area contributed by atoms with E-state index in [0.717, 1.165) is 6.42 Å². The summed E-state index contributed by atoms with van der Waals surface area (Å²) in [6, 6.07) is 12.9. The van der Waals surface area contributed by atoms with Gasteiger partial charge in [-0.1, -0.05) is 25.1 Å². The minimum atomic E-state index is -0.697. The number of nitrogens with one attached hydrogen (secondary N) is 2. The molecule has 0 radical (unpaired) electrons. The smallest absolute Gasteiger partial charge is 0.337 e. The molecule has 1 aliphatic heterocycles. The number of esters is 1. The number of carbonyl (C=O) groups is 3. The first-order chi connectivity index (χ1) is 15.4. The molecule has 1 heterocycles. The van der Waals surface area contributed by atoms with Crippen molar-refractivity contribution in [1.82, 2.24) is 10.2 Å². The second kappa shape index (κ2) is 10.00. The zero-order chi connectivity index (χ0) is 23.3. The van der Waals surface area contributed by atoms with Gasteiger partial charge in [-0.05, 0) is 49.2 Å². The molecule has 2 aromatic carbocycles. The van der Waals surface area contributed by atoms with Gasteiger partial charge in [-0.15, -0.1) is 0 Å². The highest BCUT2D eigenvalue weighted by Crippen LogP contribution is 2.32. The second-order valence-electron chi connectivity index (χ2n) is 7.34. The Bertz CT molecular complexity index is 1060. The number of urea groups is 1. The van der Waals surface area contributed by atoms with Crippen LogP contribution in [0.25, 0.3) is 0 Å². The lowest BCUT2D eigenvalue weighted by atomic mass is 9.94. The summed E-state index contributed by atoms with van der Waals surface area (Å²) in [4.78, 5) is 39.5. The molecular weight excluding hydrogens is 410 g/mol. The van der Waals surface area contributed by atoms with Gasteiger partial charge in [0.25, 0.3) is 5.91 Å². The van der Waals surface area contributed by atoms with Crippen molar-refractivity contribution < 1.29 is 23.9 Å². The molecule has 3 amide bonds. The monoisotopic (exact) mass is 437 g/mol. The molecule has 0 saturated heterocycles. The molecule has 0 aromatic heterocycles. The van der Waals surface area contributed by atoms with Crippen LogP contribution in [0.2, 0.25) is 0 Å². The number of benzene rings is 2. The van der Waals surface area contributed by atoms with Gasteiger partial charge in [0, 0.05) is 23.5 Å². The van der Waals surface area contributed by atoms with Crippen molar-refractivity contribution in [3.63, 3.8) is 0 Å². The van der Waals surface area contributed by atoms with E-state index in [-0.39, 0.29) is 11.9 Å². The Balaban J connectivity index is 1.92. The fraction of sp³-hybridized carbons (Fsp3) is 0.292. The maximum atomic E-state index is 12.7. The molecule has 0 bridgehead atoms. The molecule has 2 aromatic rings. The summed E-state index contributed by atoms with van der Waals surface area (Å²) in [5.41, 5.74) is 2.54. The van der Waals surface area contributed by atoms with Crippen LogP contribution in [0.3, 0.4) is 0 Å². The summed E-state index contributed by atoms with van der Waals surface area (Å²) in [6.45, 7) is 4.18. The molecule has 2 N–H and O–H groups in total. The zero-order valence-electron chi connectivity index (χ0n) is 18.6. The average Bonchev–Trinajstić information content (AvgIpc) is 2.81. The maximum absolute atomic E-state index is 12.7. The van der Waals surface area contributed by atoms with Gasteiger partial charge in [0.05, 0.1) is 25.8 Å². The number of nitrogens with zero attached hydrogens (tertiary/aromatic N) is 1. The molecule has 1 aliphatic rings. The number of hydrogen-bond donors (Lipinski definition) is 2. The van der Waals surface area contributed by atoms with Crippen LogP contribution >= 0.6 is 0 Å². The van der Waals surface area contributed by atoms with Crippen LogP contribution in [0.4, 0.5) is 10.5 Å². The first-order valence-corrected chi connectivity index (χ1v) is 10.3. The van der Waals surface area contributed by atoms with Crippen LogP contribution in [-0.2, 0) is 9.53 Å². The van der Waals surface area contributed by atoms with Crippen molar-refractivity contribution in [2.75, 3.05) is 26.1 Å². The number of allylic oxidation sites excluding steroid dienone is 1. The van der Waals surface area contributed by atoms with Crippen LogP contribution < -0.4 is 15.4 Å². The van der Waals surface area contributed by atoms with Crippen LogP contribution in [0, 0.1) is 0 Å². The fourth-order valence-corrected chi connectivity index (χ4v) is 3.66. The number of ether oxygens (including phenoxy) is 2. The Hall–Kier alpha value is -3.81. The highest BCUT2D eigenvalue weighted by atomic mass is 16.5. The highest BCUT2D eigenvalue weighted by Gasteiger charge is 2.36. The van der Waals surface area contributed by atoms with E-state index < -0.39 is 12.0 Å². The molecule has 1 atom stereocenters. The van der Waals surface area contributed by atoms with Gasteiger partial charge >= 0.3 is 12.0 Å². The van der Waals surface area contributed by atoms with Crippen LogP contribution in [0.5, 0.6) is 5.75 Å². The summed E-state index contributed by atoms with van der Waals surface area (Å²) < 4.78 is 10.2. The molecule has 8 nitrogen and oxygen atoms in total. The fourth-order valence-electron chi connectivity index (χ4n) is 3.66.